The SMILES string of the molecule is CCc1ccccc1NC(=O)Nc1ccc2nc(S(=O)(=O)C(C)C)sc2c1. The molecule has 142 valence electrons. The van der Waals surface area contributed by atoms with Gasteiger partial charge >= 0.3 is 6.03 Å². The summed E-state index contributed by atoms with van der Waals surface area (Å²) in [4.78, 5) is 16.5. The van der Waals surface area contributed by atoms with Crippen molar-refractivity contribution in [3.63, 3.8) is 0 Å². The van der Waals surface area contributed by atoms with Gasteiger partial charge < -0.3 is 10.6 Å². The van der Waals surface area contributed by atoms with Gasteiger partial charge in [0, 0.05) is 11.4 Å². The number of nitrogens with one attached hydrogen (secondary N) is 2. The minimum absolute atomic E-state index is 0.103. The Bertz CT molecular complexity index is 1090. The molecule has 2 amide bonds. The van der Waals surface area contributed by atoms with Crippen molar-refractivity contribution in [2.45, 2.75) is 36.8 Å². The van der Waals surface area contributed by atoms with Crippen molar-refractivity contribution >= 4 is 48.8 Å². The highest BCUT2D eigenvalue weighted by atomic mass is 32.2. The van der Waals surface area contributed by atoms with Crippen molar-refractivity contribution in [3.05, 3.63) is 48.0 Å². The maximum absolute atomic E-state index is 12.3. The molecule has 0 bridgehead atoms. The minimum Gasteiger partial charge on any atom is -0.308 e. The lowest BCUT2D eigenvalue weighted by Gasteiger charge is -2.10. The number of urea groups is 1. The largest absolute Gasteiger partial charge is 0.323 e. The molecule has 3 aromatic rings. The van der Waals surface area contributed by atoms with Gasteiger partial charge in [-0.25, -0.2) is 18.2 Å². The quantitative estimate of drug-likeness (QED) is 0.647. The Morgan fingerprint density at radius 3 is 2.59 bits per heavy atom. The van der Waals surface area contributed by atoms with Gasteiger partial charge in [-0.05, 0) is 50.1 Å². The molecule has 2 N–H and O–H groups in total. The summed E-state index contributed by atoms with van der Waals surface area (Å²) in [6, 6.07) is 12.4. The summed E-state index contributed by atoms with van der Waals surface area (Å²) in [6.45, 7) is 5.29. The van der Waals surface area contributed by atoms with Gasteiger partial charge in [0.1, 0.15) is 0 Å². The lowest BCUT2D eigenvalue weighted by molar-refractivity contribution is 0.262. The second kappa shape index (κ2) is 7.66. The molecule has 0 aliphatic carbocycles. The monoisotopic (exact) mass is 403 g/mol. The van der Waals surface area contributed by atoms with Crippen LogP contribution in [0.1, 0.15) is 26.3 Å². The zero-order valence-corrected chi connectivity index (χ0v) is 16.9. The third kappa shape index (κ3) is 4.12. The zero-order valence-electron chi connectivity index (χ0n) is 15.3. The van der Waals surface area contributed by atoms with Crippen LogP contribution in [-0.4, -0.2) is 24.7 Å². The Balaban J connectivity index is 1.80. The number of rotatable bonds is 5. The second-order valence-corrected chi connectivity index (χ2v) is 10.1. The van der Waals surface area contributed by atoms with E-state index in [2.05, 4.69) is 15.6 Å². The van der Waals surface area contributed by atoms with Crippen LogP contribution < -0.4 is 10.6 Å². The fourth-order valence-corrected chi connectivity index (χ4v) is 5.22. The van der Waals surface area contributed by atoms with E-state index in [4.69, 9.17) is 0 Å². The standard InChI is InChI=1S/C19H21N3O3S2/c1-4-13-7-5-6-8-15(13)21-18(23)20-14-9-10-16-17(11-14)26-19(22-16)27(24,25)12(2)3/h5-12H,4H2,1-3H3,(H2,20,21,23). The number of nitrogens with zero attached hydrogens (tertiary/aromatic N) is 1. The Hall–Kier alpha value is -2.45. The Morgan fingerprint density at radius 1 is 1.15 bits per heavy atom. The first-order chi connectivity index (χ1) is 12.8. The average molecular weight is 404 g/mol. The molecule has 6 nitrogen and oxygen atoms in total. The van der Waals surface area contributed by atoms with Crippen molar-refractivity contribution in [2.75, 3.05) is 10.6 Å². The van der Waals surface area contributed by atoms with Crippen LogP contribution in [0.3, 0.4) is 0 Å². The number of para-hydroxylation sites is 1. The van der Waals surface area contributed by atoms with Gasteiger partial charge in [0.05, 0.1) is 15.5 Å². The lowest BCUT2D eigenvalue weighted by Crippen LogP contribution is -2.20. The van der Waals surface area contributed by atoms with E-state index >= 15 is 0 Å². The van der Waals surface area contributed by atoms with Crippen LogP contribution in [0.4, 0.5) is 16.2 Å². The van der Waals surface area contributed by atoms with Crippen LogP contribution in [-0.2, 0) is 16.3 Å². The van der Waals surface area contributed by atoms with Crippen LogP contribution >= 0.6 is 11.3 Å². The van der Waals surface area contributed by atoms with E-state index in [0.29, 0.717) is 15.9 Å². The number of aryl methyl sites for hydroxylation is 1. The van der Waals surface area contributed by atoms with Crippen LogP contribution in [0.15, 0.2) is 46.8 Å². The molecule has 0 saturated heterocycles. The zero-order chi connectivity index (χ0) is 19.6. The molecule has 1 heterocycles. The smallest absolute Gasteiger partial charge is 0.308 e. The van der Waals surface area contributed by atoms with Crippen molar-refractivity contribution in [3.8, 4) is 0 Å². The molecule has 0 unspecified atom stereocenters. The van der Waals surface area contributed by atoms with E-state index in [9.17, 15) is 13.2 Å². The van der Waals surface area contributed by atoms with Gasteiger partial charge in [-0.1, -0.05) is 25.1 Å². The Kier molecular flexibility index (Phi) is 5.48. The average Bonchev–Trinajstić information content (AvgIpc) is 3.06. The number of sulfone groups is 1. The minimum atomic E-state index is -3.42. The fraction of sp³-hybridized carbons (Fsp3) is 0.263. The van der Waals surface area contributed by atoms with Gasteiger partial charge in [0.15, 0.2) is 0 Å². The molecule has 0 saturated carbocycles. The first kappa shape index (κ1) is 19.3. The summed E-state index contributed by atoms with van der Waals surface area (Å²) in [5.41, 5.74) is 2.99. The number of aromatic nitrogens is 1. The molecule has 1 aromatic heterocycles. The predicted octanol–water partition coefficient (Wildman–Crippen LogP) is 4.68. The first-order valence-electron chi connectivity index (χ1n) is 8.61. The van der Waals surface area contributed by atoms with E-state index in [-0.39, 0.29) is 10.4 Å². The molecule has 0 spiro atoms. The molecule has 0 aliphatic heterocycles. The number of thiazole rings is 1. The molecule has 3 rings (SSSR count). The third-order valence-electron chi connectivity index (χ3n) is 4.14. The number of hydrogen-bond donors (Lipinski definition) is 2. The molecule has 0 atom stereocenters. The van der Waals surface area contributed by atoms with E-state index in [0.717, 1.165) is 29.0 Å². The molecule has 0 aliphatic rings. The summed E-state index contributed by atoms with van der Waals surface area (Å²) in [5.74, 6) is 0. The van der Waals surface area contributed by atoms with Crippen molar-refractivity contribution in [2.24, 2.45) is 0 Å². The number of amides is 2. The van der Waals surface area contributed by atoms with Crippen LogP contribution in [0.25, 0.3) is 10.2 Å². The van der Waals surface area contributed by atoms with Crippen molar-refractivity contribution in [1.82, 2.24) is 4.98 Å². The summed E-state index contributed by atoms with van der Waals surface area (Å²) in [7, 11) is -3.42. The lowest BCUT2D eigenvalue weighted by atomic mass is 10.1. The predicted molar refractivity (Wildman–Crippen MR) is 110 cm³/mol. The van der Waals surface area contributed by atoms with Crippen LogP contribution in [0.5, 0.6) is 0 Å². The molecule has 27 heavy (non-hydrogen) atoms. The number of hydrogen-bond acceptors (Lipinski definition) is 5. The molecule has 0 radical (unpaired) electrons. The van der Waals surface area contributed by atoms with E-state index in [1.165, 1.54) is 0 Å². The molecular formula is C19H21N3O3S2. The summed E-state index contributed by atoms with van der Waals surface area (Å²) >= 11 is 1.11. The number of carbonyl (C=O) groups excluding carboxylic acids is 1. The molecular weight excluding hydrogens is 382 g/mol. The molecule has 0 fully saturated rings. The number of anilines is 2. The van der Waals surface area contributed by atoms with Crippen LogP contribution in [0.2, 0.25) is 0 Å². The highest BCUT2D eigenvalue weighted by Gasteiger charge is 2.23. The van der Waals surface area contributed by atoms with Gasteiger partial charge in [-0.3, -0.25) is 0 Å². The topological polar surface area (TPSA) is 88.2 Å². The van der Waals surface area contributed by atoms with Gasteiger partial charge in [-0.2, -0.15) is 0 Å². The third-order valence-corrected chi connectivity index (χ3v) is 7.72. The summed E-state index contributed by atoms with van der Waals surface area (Å²) in [5, 5.41) is 5.10. The van der Waals surface area contributed by atoms with Gasteiger partial charge in [0.25, 0.3) is 0 Å². The summed E-state index contributed by atoms with van der Waals surface area (Å²) in [6.07, 6.45) is 0.816. The number of carbonyl (C=O) groups is 1. The van der Waals surface area contributed by atoms with E-state index in [1.54, 1.807) is 32.0 Å². The Morgan fingerprint density at radius 2 is 1.89 bits per heavy atom. The maximum Gasteiger partial charge on any atom is 0.323 e. The molecule has 2 aromatic carbocycles. The van der Waals surface area contributed by atoms with Crippen molar-refractivity contribution < 1.29 is 13.2 Å². The first-order valence-corrected chi connectivity index (χ1v) is 11.0. The summed E-state index contributed by atoms with van der Waals surface area (Å²) < 4.78 is 25.4. The highest BCUT2D eigenvalue weighted by molar-refractivity contribution is 7.94. The molecule has 8 heteroatoms. The Labute approximate surface area is 162 Å². The van der Waals surface area contributed by atoms with Gasteiger partial charge in [-0.15, -0.1) is 11.3 Å². The van der Waals surface area contributed by atoms with Crippen molar-refractivity contribution in [1.29, 1.82) is 0 Å². The fourth-order valence-electron chi connectivity index (χ4n) is 2.54. The van der Waals surface area contributed by atoms with Gasteiger partial charge in [0.2, 0.25) is 14.2 Å². The highest BCUT2D eigenvalue weighted by Crippen LogP contribution is 2.30. The maximum atomic E-state index is 12.3. The van der Waals surface area contributed by atoms with E-state index < -0.39 is 15.1 Å². The number of fused-ring (bicyclic) bond motifs is 1. The second-order valence-electron chi connectivity index (χ2n) is 6.35. The van der Waals surface area contributed by atoms with Crippen LogP contribution in [0, 0.1) is 0 Å². The number of benzene rings is 2. The normalized spacial score (nSPS) is 11.7. The van der Waals surface area contributed by atoms with E-state index in [1.807, 2.05) is 31.2 Å².